The summed E-state index contributed by atoms with van der Waals surface area (Å²) in [5.74, 6) is 1.84. The highest BCUT2D eigenvalue weighted by Crippen LogP contribution is 2.30. The van der Waals surface area contributed by atoms with Gasteiger partial charge in [-0.05, 0) is 48.4 Å². The molecule has 1 aromatic heterocycles. The van der Waals surface area contributed by atoms with Gasteiger partial charge in [0.2, 0.25) is 5.91 Å². The highest BCUT2D eigenvalue weighted by Gasteiger charge is 2.33. The van der Waals surface area contributed by atoms with Crippen LogP contribution in [0.5, 0.6) is 5.75 Å². The monoisotopic (exact) mass is 425 g/mol. The van der Waals surface area contributed by atoms with E-state index < -0.39 is 0 Å². The molecule has 0 N–H and O–H groups in total. The van der Waals surface area contributed by atoms with Gasteiger partial charge in [-0.15, -0.1) is 0 Å². The van der Waals surface area contributed by atoms with E-state index in [9.17, 15) is 4.79 Å². The van der Waals surface area contributed by atoms with Crippen LogP contribution in [0.1, 0.15) is 43.5 Å². The van der Waals surface area contributed by atoms with Gasteiger partial charge in [0.1, 0.15) is 5.75 Å². The molecule has 1 atom stereocenters. The molecule has 156 valence electrons. The Morgan fingerprint density at radius 2 is 2.07 bits per heavy atom. The number of halogens is 1. The Morgan fingerprint density at radius 1 is 1.23 bits per heavy atom. The van der Waals surface area contributed by atoms with Gasteiger partial charge < -0.3 is 14.2 Å². The van der Waals surface area contributed by atoms with Crippen molar-refractivity contribution in [3.8, 4) is 17.2 Å². The van der Waals surface area contributed by atoms with Gasteiger partial charge in [0, 0.05) is 36.0 Å². The van der Waals surface area contributed by atoms with Gasteiger partial charge in [-0.25, -0.2) is 0 Å². The molecule has 0 spiro atoms. The van der Waals surface area contributed by atoms with Crippen LogP contribution in [0.2, 0.25) is 5.02 Å². The van der Waals surface area contributed by atoms with Crippen molar-refractivity contribution in [2.75, 3.05) is 13.2 Å². The van der Waals surface area contributed by atoms with E-state index in [1.807, 2.05) is 53.4 Å². The molecule has 1 aliphatic rings. The van der Waals surface area contributed by atoms with Crippen LogP contribution in [-0.2, 0) is 11.3 Å². The van der Waals surface area contributed by atoms with Crippen LogP contribution in [0, 0.1) is 0 Å². The zero-order valence-electron chi connectivity index (χ0n) is 16.9. The second-order valence-corrected chi connectivity index (χ2v) is 7.93. The van der Waals surface area contributed by atoms with E-state index in [1.54, 1.807) is 0 Å². The third kappa shape index (κ3) is 4.82. The number of carbonyl (C=O) groups excluding carboxylic acids is 1. The number of likely N-dealkylation sites (tertiary alicyclic amines) is 1. The molecule has 0 saturated carbocycles. The van der Waals surface area contributed by atoms with Crippen LogP contribution in [0.3, 0.4) is 0 Å². The normalized spacial score (nSPS) is 16.3. The third-order valence-corrected chi connectivity index (χ3v) is 5.39. The van der Waals surface area contributed by atoms with Crippen LogP contribution in [-0.4, -0.2) is 34.1 Å². The Bertz CT molecular complexity index is 1000. The Hall–Kier alpha value is -2.86. The Balaban J connectivity index is 1.39. The van der Waals surface area contributed by atoms with E-state index in [2.05, 4.69) is 17.1 Å². The summed E-state index contributed by atoms with van der Waals surface area (Å²) in [5.41, 5.74) is 1.84. The van der Waals surface area contributed by atoms with E-state index in [-0.39, 0.29) is 11.8 Å². The van der Waals surface area contributed by atoms with Crippen LogP contribution < -0.4 is 4.74 Å². The first-order chi connectivity index (χ1) is 14.6. The summed E-state index contributed by atoms with van der Waals surface area (Å²) in [6.45, 7) is 3.94. The van der Waals surface area contributed by atoms with Crippen molar-refractivity contribution < 1.29 is 14.1 Å². The Morgan fingerprint density at radius 3 is 2.83 bits per heavy atom. The minimum Gasteiger partial charge on any atom is -0.494 e. The van der Waals surface area contributed by atoms with Crippen molar-refractivity contribution in [1.82, 2.24) is 15.0 Å². The van der Waals surface area contributed by atoms with Crippen molar-refractivity contribution in [2.24, 2.45) is 0 Å². The largest absolute Gasteiger partial charge is 0.494 e. The van der Waals surface area contributed by atoms with Crippen LogP contribution >= 0.6 is 11.6 Å². The molecule has 1 unspecified atom stereocenters. The van der Waals surface area contributed by atoms with Gasteiger partial charge in [0.05, 0.1) is 6.61 Å². The lowest BCUT2D eigenvalue weighted by molar-refractivity contribution is -0.128. The van der Waals surface area contributed by atoms with Crippen molar-refractivity contribution in [3.05, 3.63) is 64.9 Å². The number of benzene rings is 2. The van der Waals surface area contributed by atoms with Crippen LogP contribution in [0.15, 0.2) is 53.1 Å². The molecule has 6 nitrogen and oxygen atoms in total. The van der Waals surface area contributed by atoms with Gasteiger partial charge in [0.25, 0.3) is 5.89 Å². The zero-order chi connectivity index (χ0) is 20.9. The summed E-state index contributed by atoms with van der Waals surface area (Å²) in [6.07, 6.45) is 2.51. The molecule has 1 aliphatic heterocycles. The first-order valence-corrected chi connectivity index (χ1v) is 10.6. The maximum atomic E-state index is 12.5. The van der Waals surface area contributed by atoms with Gasteiger partial charge in [-0.1, -0.05) is 42.2 Å². The first-order valence-electron chi connectivity index (χ1n) is 10.2. The number of amides is 1. The second kappa shape index (κ2) is 9.30. The molecule has 2 heterocycles. The molecule has 3 aromatic rings. The summed E-state index contributed by atoms with van der Waals surface area (Å²) in [5, 5.41) is 4.80. The maximum absolute atomic E-state index is 12.5. The molecule has 30 heavy (non-hydrogen) atoms. The molecule has 0 aliphatic carbocycles. The number of hydrogen-bond acceptors (Lipinski definition) is 5. The number of nitrogens with zero attached hydrogens (tertiary/aromatic N) is 3. The SMILES string of the molecule is CCCCOc1ccc(-c2nc(C3CC(=O)N(Cc4cccc(Cl)c4)C3)no2)cc1. The number of ether oxygens (including phenoxy) is 1. The minimum atomic E-state index is -0.0779. The highest BCUT2D eigenvalue weighted by atomic mass is 35.5. The van der Waals surface area contributed by atoms with Crippen LogP contribution in [0.4, 0.5) is 0 Å². The smallest absolute Gasteiger partial charge is 0.257 e. The quantitative estimate of drug-likeness (QED) is 0.470. The maximum Gasteiger partial charge on any atom is 0.257 e. The number of carbonyl (C=O) groups is 1. The lowest BCUT2D eigenvalue weighted by Crippen LogP contribution is -2.24. The summed E-state index contributed by atoms with van der Waals surface area (Å²) in [4.78, 5) is 18.8. The zero-order valence-corrected chi connectivity index (χ0v) is 17.6. The summed E-state index contributed by atoms with van der Waals surface area (Å²) < 4.78 is 11.1. The minimum absolute atomic E-state index is 0.0779. The highest BCUT2D eigenvalue weighted by molar-refractivity contribution is 6.30. The predicted molar refractivity (Wildman–Crippen MR) is 114 cm³/mol. The lowest BCUT2D eigenvalue weighted by atomic mass is 10.1. The van der Waals surface area contributed by atoms with Gasteiger partial charge in [-0.3, -0.25) is 4.79 Å². The Kier molecular flexibility index (Phi) is 6.33. The summed E-state index contributed by atoms with van der Waals surface area (Å²) in [7, 11) is 0. The molecule has 0 bridgehead atoms. The lowest BCUT2D eigenvalue weighted by Gasteiger charge is -2.16. The number of unbranched alkanes of at least 4 members (excludes halogenated alkanes) is 1. The third-order valence-electron chi connectivity index (χ3n) is 5.15. The average Bonchev–Trinajstić information content (AvgIpc) is 3.36. The molecule has 1 saturated heterocycles. The fourth-order valence-corrected chi connectivity index (χ4v) is 3.71. The Labute approximate surface area is 180 Å². The number of hydrogen-bond donors (Lipinski definition) is 0. The molecule has 1 fully saturated rings. The first kappa shape index (κ1) is 20.4. The number of aromatic nitrogens is 2. The van der Waals surface area contributed by atoms with Crippen molar-refractivity contribution in [2.45, 2.75) is 38.6 Å². The topological polar surface area (TPSA) is 68.5 Å². The van der Waals surface area contributed by atoms with E-state index >= 15 is 0 Å². The van der Waals surface area contributed by atoms with E-state index in [0.717, 1.165) is 29.7 Å². The fraction of sp³-hybridized carbons (Fsp3) is 0.348. The van der Waals surface area contributed by atoms with Crippen LogP contribution in [0.25, 0.3) is 11.5 Å². The van der Waals surface area contributed by atoms with Crippen molar-refractivity contribution in [3.63, 3.8) is 0 Å². The van der Waals surface area contributed by atoms with E-state index in [4.69, 9.17) is 20.9 Å². The molecule has 4 rings (SSSR count). The van der Waals surface area contributed by atoms with E-state index in [0.29, 0.717) is 42.9 Å². The molecule has 7 heteroatoms. The van der Waals surface area contributed by atoms with Gasteiger partial charge in [-0.2, -0.15) is 4.98 Å². The average molecular weight is 426 g/mol. The molecule has 0 radical (unpaired) electrons. The molecule has 1 amide bonds. The van der Waals surface area contributed by atoms with Crippen molar-refractivity contribution in [1.29, 1.82) is 0 Å². The molecule has 2 aromatic carbocycles. The number of rotatable bonds is 8. The molecular formula is C23H24ClN3O3. The second-order valence-electron chi connectivity index (χ2n) is 7.49. The summed E-state index contributed by atoms with van der Waals surface area (Å²) in [6, 6.07) is 15.2. The summed E-state index contributed by atoms with van der Waals surface area (Å²) >= 11 is 6.05. The predicted octanol–water partition coefficient (Wildman–Crippen LogP) is 5.09. The molecular weight excluding hydrogens is 402 g/mol. The standard InChI is InChI=1S/C23H24ClN3O3/c1-2-3-11-29-20-9-7-17(8-10-20)23-25-22(26-30-23)18-13-21(28)27(15-18)14-16-5-4-6-19(24)12-16/h4-10,12,18H,2-3,11,13-15H2,1H3. The van der Waals surface area contributed by atoms with Crippen molar-refractivity contribution >= 4 is 17.5 Å². The van der Waals surface area contributed by atoms with Gasteiger partial charge >= 0.3 is 0 Å². The van der Waals surface area contributed by atoms with Gasteiger partial charge in [0.15, 0.2) is 5.82 Å². The van der Waals surface area contributed by atoms with E-state index in [1.165, 1.54) is 0 Å². The fourth-order valence-electron chi connectivity index (χ4n) is 3.50.